The van der Waals surface area contributed by atoms with E-state index in [9.17, 15) is 9.59 Å². The second kappa shape index (κ2) is 11.9. The molecule has 0 radical (unpaired) electrons. The van der Waals surface area contributed by atoms with Gasteiger partial charge in [0.15, 0.2) is 0 Å². The fourth-order valence-corrected chi connectivity index (χ4v) is 5.85. The van der Waals surface area contributed by atoms with Crippen LogP contribution in [0.5, 0.6) is 0 Å². The largest absolute Gasteiger partial charge is 0.340 e. The van der Waals surface area contributed by atoms with E-state index in [0.29, 0.717) is 6.42 Å². The molecule has 8 heteroatoms. The molecule has 2 saturated heterocycles. The van der Waals surface area contributed by atoms with Gasteiger partial charge in [0.05, 0.1) is 11.4 Å². The Balaban J connectivity index is 1.07. The van der Waals surface area contributed by atoms with Crippen LogP contribution in [-0.2, 0) is 22.7 Å². The summed E-state index contributed by atoms with van der Waals surface area (Å²) < 4.78 is 0. The molecule has 2 aromatic heterocycles. The lowest BCUT2D eigenvalue weighted by molar-refractivity contribution is -0.143. The highest BCUT2D eigenvalue weighted by Gasteiger charge is 2.36. The number of pyridine rings is 2. The highest BCUT2D eigenvalue weighted by molar-refractivity contribution is 5.82. The van der Waals surface area contributed by atoms with Crippen molar-refractivity contribution in [3.63, 3.8) is 0 Å². The van der Waals surface area contributed by atoms with E-state index >= 15 is 0 Å². The summed E-state index contributed by atoms with van der Waals surface area (Å²) in [6, 6.07) is 12.0. The van der Waals surface area contributed by atoms with Crippen molar-refractivity contribution in [2.75, 3.05) is 52.4 Å². The summed E-state index contributed by atoms with van der Waals surface area (Å²) in [7, 11) is 0. The van der Waals surface area contributed by atoms with E-state index in [0.717, 1.165) is 96.1 Å². The van der Waals surface area contributed by atoms with Crippen molar-refractivity contribution in [2.24, 2.45) is 11.8 Å². The Labute approximate surface area is 214 Å². The van der Waals surface area contributed by atoms with Crippen LogP contribution in [0.4, 0.5) is 0 Å². The molecule has 2 unspecified atom stereocenters. The Morgan fingerprint density at radius 2 is 1.11 bits per heavy atom. The monoisotopic (exact) mass is 490 g/mol. The summed E-state index contributed by atoms with van der Waals surface area (Å²) in [6.45, 7) is 8.22. The molecule has 192 valence electrons. The van der Waals surface area contributed by atoms with Crippen LogP contribution in [0, 0.1) is 11.8 Å². The average Bonchev–Trinajstić information content (AvgIpc) is 2.94. The molecular formula is C28H38N6O2. The van der Waals surface area contributed by atoms with Crippen LogP contribution in [0.15, 0.2) is 48.8 Å². The van der Waals surface area contributed by atoms with Crippen LogP contribution in [0.1, 0.15) is 37.1 Å². The summed E-state index contributed by atoms with van der Waals surface area (Å²) in [5.41, 5.74) is 2.15. The van der Waals surface area contributed by atoms with E-state index in [1.54, 1.807) is 0 Å². The molecule has 2 atom stereocenters. The number of hydrogen-bond donors (Lipinski definition) is 0. The first-order valence-electron chi connectivity index (χ1n) is 13.5. The molecule has 5 rings (SSSR count). The zero-order valence-electron chi connectivity index (χ0n) is 21.2. The van der Waals surface area contributed by atoms with E-state index in [-0.39, 0.29) is 23.7 Å². The number of nitrogens with zero attached hydrogens (tertiary/aromatic N) is 6. The van der Waals surface area contributed by atoms with Gasteiger partial charge >= 0.3 is 0 Å². The summed E-state index contributed by atoms with van der Waals surface area (Å²) in [5.74, 6) is 0.483. The number of aromatic nitrogens is 2. The second-order valence-corrected chi connectivity index (χ2v) is 10.4. The Morgan fingerprint density at radius 1 is 0.667 bits per heavy atom. The van der Waals surface area contributed by atoms with Crippen LogP contribution in [0.3, 0.4) is 0 Å². The van der Waals surface area contributed by atoms with E-state index in [2.05, 4.69) is 31.9 Å². The van der Waals surface area contributed by atoms with Gasteiger partial charge in [0.1, 0.15) is 0 Å². The minimum Gasteiger partial charge on any atom is -0.340 e. The average molecular weight is 491 g/mol. The maximum absolute atomic E-state index is 13.3. The van der Waals surface area contributed by atoms with Crippen molar-refractivity contribution in [2.45, 2.75) is 38.8 Å². The lowest BCUT2D eigenvalue weighted by Gasteiger charge is -2.40. The molecule has 2 amide bonds. The Kier molecular flexibility index (Phi) is 8.23. The van der Waals surface area contributed by atoms with Crippen molar-refractivity contribution in [1.29, 1.82) is 0 Å². The predicted molar refractivity (Wildman–Crippen MR) is 138 cm³/mol. The standard InChI is InChI=1S/C28H38N6O2/c35-27(33-16-12-31(13-17-33)21-25-8-1-3-10-29-25)23-6-5-7-24(20-23)28(36)34-18-14-32(15-19-34)22-26-9-2-4-11-30-26/h1-4,8-11,23-24H,5-7,12-22H2. The fraction of sp³-hybridized carbons (Fsp3) is 0.571. The van der Waals surface area contributed by atoms with Crippen LogP contribution >= 0.6 is 0 Å². The van der Waals surface area contributed by atoms with E-state index in [4.69, 9.17) is 0 Å². The zero-order valence-corrected chi connectivity index (χ0v) is 21.2. The number of rotatable bonds is 6. The first-order chi connectivity index (χ1) is 17.7. The Hall–Kier alpha value is -2.84. The number of hydrogen-bond acceptors (Lipinski definition) is 6. The minimum absolute atomic E-state index is 0.0134. The third kappa shape index (κ3) is 6.28. The van der Waals surface area contributed by atoms with E-state index in [1.807, 2.05) is 46.5 Å². The van der Waals surface area contributed by atoms with Crippen LogP contribution in [0.2, 0.25) is 0 Å². The van der Waals surface area contributed by atoms with E-state index in [1.165, 1.54) is 0 Å². The number of carbonyl (C=O) groups excluding carboxylic acids is 2. The number of piperazine rings is 2. The van der Waals surface area contributed by atoms with Crippen molar-refractivity contribution >= 4 is 11.8 Å². The third-order valence-corrected chi connectivity index (χ3v) is 7.96. The normalized spacial score (nSPS) is 24.0. The van der Waals surface area contributed by atoms with Gasteiger partial charge in [-0.15, -0.1) is 0 Å². The van der Waals surface area contributed by atoms with Gasteiger partial charge in [-0.25, -0.2) is 0 Å². The Morgan fingerprint density at radius 3 is 1.50 bits per heavy atom. The molecule has 0 bridgehead atoms. The first kappa shape index (κ1) is 24.8. The highest BCUT2D eigenvalue weighted by atomic mass is 16.2. The van der Waals surface area contributed by atoms with Crippen molar-refractivity contribution < 1.29 is 9.59 Å². The summed E-state index contributed by atoms with van der Waals surface area (Å²) in [5, 5.41) is 0. The quantitative estimate of drug-likeness (QED) is 0.619. The van der Waals surface area contributed by atoms with E-state index < -0.39 is 0 Å². The fourth-order valence-electron chi connectivity index (χ4n) is 5.85. The molecule has 2 aromatic rings. The first-order valence-corrected chi connectivity index (χ1v) is 13.5. The highest BCUT2D eigenvalue weighted by Crippen LogP contribution is 2.32. The maximum atomic E-state index is 13.3. The summed E-state index contributed by atoms with van der Waals surface area (Å²) in [4.78, 5) is 44.3. The molecule has 36 heavy (non-hydrogen) atoms. The molecule has 1 saturated carbocycles. The van der Waals surface area contributed by atoms with Gasteiger partial charge < -0.3 is 9.80 Å². The van der Waals surface area contributed by atoms with Gasteiger partial charge in [-0.1, -0.05) is 18.6 Å². The second-order valence-electron chi connectivity index (χ2n) is 10.4. The van der Waals surface area contributed by atoms with Gasteiger partial charge in [0.2, 0.25) is 11.8 Å². The molecule has 3 fully saturated rings. The van der Waals surface area contributed by atoms with Gasteiger partial charge in [0, 0.05) is 89.7 Å². The van der Waals surface area contributed by atoms with Crippen molar-refractivity contribution in [1.82, 2.24) is 29.6 Å². The molecule has 3 aliphatic rings. The van der Waals surface area contributed by atoms with Crippen LogP contribution < -0.4 is 0 Å². The molecule has 0 N–H and O–H groups in total. The molecular weight excluding hydrogens is 452 g/mol. The van der Waals surface area contributed by atoms with Gasteiger partial charge in [-0.3, -0.25) is 29.4 Å². The molecule has 0 spiro atoms. The zero-order chi connectivity index (χ0) is 24.7. The maximum Gasteiger partial charge on any atom is 0.225 e. The lowest BCUT2D eigenvalue weighted by atomic mass is 9.79. The molecule has 1 aliphatic carbocycles. The number of amides is 2. The smallest absolute Gasteiger partial charge is 0.225 e. The molecule has 8 nitrogen and oxygen atoms in total. The SMILES string of the molecule is O=C(C1CCCC(C(=O)N2CCN(Cc3ccccn3)CC2)C1)N1CCN(Cc2ccccn2)CC1. The molecule has 0 aromatic carbocycles. The Bertz CT molecular complexity index is 908. The predicted octanol–water partition coefficient (Wildman–Crippen LogP) is 2.27. The van der Waals surface area contributed by atoms with Crippen LogP contribution in [0.25, 0.3) is 0 Å². The number of carbonyl (C=O) groups is 2. The topological polar surface area (TPSA) is 72.9 Å². The van der Waals surface area contributed by atoms with Crippen molar-refractivity contribution in [3.05, 3.63) is 60.2 Å². The van der Waals surface area contributed by atoms with Crippen LogP contribution in [-0.4, -0.2) is 93.7 Å². The molecule has 4 heterocycles. The minimum atomic E-state index is -0.0134. The van der Waals surface area contributed by atoms with Gasteiger partial charge in [0.25, 0.3) is 0 Å². The van der Waals surface area contributed by atoms with Gasteiger partial charge in [-0.05, 0) is 43.5 Å². The lowest BCUT2D eigenvalue weighted by Crippen LogP contribution is -2.52. The van der Waals surface area contributed by atoms with Crippen molar-refractivity contribution in [3.8, 4) is 0 Å². The third-order valence-electron chi connectivity index (χ3n) is 7.96. The summed E-state index contributed by atoms with van der Waals surface area (Å²) >= 11 is 0. The molecule has 2 aliphatic heterocycles. The summed E-state index contributed by atoms with van der Waals surface area (Å²) in [6.07, 6.45) is 7.16. The van der Waals surface area contributed by atoms with Gasteiger partial charge in [-0.2, -0.15) is 0 Å².